The molecule has 0 aliphatic carbocycles. The van der Waals surface area contributed by atoms with Crippen LogP contribution >= 0.6 is 0 Å². The van der Waals surface area contributed by atoms with Crippen molar-refractivity contribution >= 4 is 15.8 Å². The summed E-state index contributed by atoms with van der Waals surface area (Å²) in [4.78, 5) is 10.5. The number of halogens is 3. The Labute approximate surface area is 78.6 Å². The third-order valence-electron chi connectivity index (χ3n) is 2.02. The summed E-state index contributed by atoms with van der Waals surface area (Å²) >= 11 is 0. The van der Waals surface area contributed by atoms with E-state index in [0.29, 0.717) is 6.92 Å². The van der Waals surface area contributed by atoms with Crippen molar-refractivity contribution in [1.29, 1.82) is 0 Å². The number of hydrogen-bond acceptors (Lipinski definition) is 3. The Morgan fingerprint density at radius 3 is 1.79 bits per heavy atom. The van der Waals surface area contributed by atoms with E-state index in [9.17, 15) is 26.4 Å². The Morgan fingerprint density at radius 2 is 1.71 bits per heavy atom. The summed E-state index contributed by atoms with van der Waals surface area (Å²) in [6, 6.07) is 0. The summed E-state index contributed by atoms with van der Waals surface area (Å²) in [5, 5.41) is 8.45. The van der Waals surface area contributed by atoms with Gasteiger partial charge in [-0.15, -0.1) is 0 Å². The van der Waals surface area contributed by atoms with Crippen molar-refractivity contribution in [3.8, 4) is 0 Å². The molecule has 1 atom stereocenters. The van der Waals surface area contributed by atoms with Crippen LogP contribution in [-0.2, 0) is 14.6 Å². The highest BCUT2D eigenvalue weighted by atomic mass is 32.2. The zero-order chi connectivity index (χ0) is 11.8. The van der Waals surface area contributed by atoms with Gasteiger partial charge in [0.15, 0.2) is 4.75 Å². The smallest absolute Gasteiger partial charge is 0.480 e. The summed E-state index contributed by atoms with van der Waals surface area (Å²) in [7, 11) is -5.69. The second kappa shape index (κ2) is 3.41. The minimum Gasteiger partial charge on any atom is -0.480 e. The van der Waals surface area contributed by atoms with Crippen molar-refractivity contribution in [2.24, 2.45) is 0 Å². The number of alkyl halides is 3. The maximum Gasteiger partial charge on any atom is 0.498 e. The van der Waals surface area contributed by atoms with E-state index < -0.39 is 32.5 Å². The van der Waals surface area contributed by atoms with Gasteiger partial charge in [-0.1, -0.05) is 6.92 Å². The first-order chi connectivity index (χ1) is 6.00. The highest BCUT2D eigenvalue weighted by molar-refractivity contribution is 7.94. The summed E-state index contributed by atoms with van der Waals surface area (Å²) in [5.74, 6) is -2.00. The van der Waals surface area contributed by atoms with Crippen molar-refractivity contribution in [2.75, 3.05) is 0 Å². The van der Waals surface area contributed by atoms with E-state index in [1.807, 2.05) is 0 Å². The van der Waals surface area contributed by atoms with Crippen LogP contribution < -0.4 is 0 Å². The number of sulfone groups is 1. The summed E-state index contributed by atoms with van der Waals surface area (Å²) < 4.78 is 54.9. The highest BCUT2D eigenvalue weighted by Crippen LogP contribution is 2.35. The predicted octanol–water partition coefficient (Wildman–Crippen LogP) is 1.17. The first-order valence-corrected chi connectivity index (χ1v) is 5.03. The lowest BCUT2D eigenvalue weighted by Crippen LogP contribution is -2.49. The molecule has 0 aliphatic rings. The molecule has 4 nitrogen and oxygen atoms in total. The molecule has 0 rings (SSSR count). The van der Waals surface area contributed by atoms with Crippen molar-refractivity contribution in [2.45, 2.75) is 30.5 Å². The lowest BCUT2D eigenvalue weighted by molar-refractivity contribution is -0.140. The Balaban J connectivity index is 5.60. The average molecular weight is 234 g/mol. The first-order valence-electron chi connectivity index (χ1n) is 3.55. The van der Waals surface area contributed by atoms with Crippen LogP contribution in [0.3, 0.4) is 0 Å². The summed E-state index contributed by atoms with van der Waals surface area (Å²) in [6.45, 7) is 1.61. The van der Waals surface area contributed by atoms with E-state index in [2.05, 4.69) is 0 Å². The van der Waals surface area contributed by atoms with Crippen LogP contribution in [0.4, 0.5) is 13.2 Å². The number of carboxylic acids is 1. The molecule has 0 saturated heterocycles. The van der Waals surface area contributed by atoms with Crippen LogP contribution in [0.15, 0.2) is 0 Å². The van der Waals surface area contributed by atoms with E-state index in [-0.39, 0.29) is 0 Å². The van der Waals surface area contributed by atoms with Crippen LogP contribution in [0, 0.1) is 0 Å². The van der Waals surface area contributed by atoms with Gasteiger partial charge in [-0.3, -0.25) is 4.79 Å². The van der Waals surface area contributed by atoms with Crippen molar-refractivity contribution in [1.82, 2.24) is 0 Å². The molecule has 0 amide bonds. The molecule has 8 heteroatoms. The number of aliphatic carboxylic acids is 1. The largest absolute Gasteiger partial charge is 0.498 e. The highest BCUT2D eigenvalue weighted by Gasteiger charge is 2.60. The van der Waals surface area contributed by atoms with Crippen molar-refractivity contribution in [3.63, 3.8) is 0 Å². The fraction of sp³-hybridized carbons (Fsp3) is 0.833. The van der Waals surface area contributed by atoms with Gasteiger partial charge in [0.25, 0.3) is 9.84 Å². The molecule has 0 aliphatic heterocycles. The zero-order valence-electron chi connectivity index (χ0n) is 7.42. The molecule has 0 fully saturated rings. The van der Waals surface area contributed by atoms with Gasteiger partial charge in [0.2, 0.25) is 0 Å². The summed E-state index contributed by atoms with van der Waals surface area (Å²) in [6.07, 6.45) is -0.649. The quantitative estimate of drug-likeness (QED) is 0.795. The van der Waals surface area contributed by atoms with Crippen LogP contribution in [-0.4, -0.2) is 29.7 Å². The topological polar surface area (TPSA) is 71.4 Å². The third-order valence-corrected chi connectivity index (χ3v) is 4.28. The van der Waals surface area contributed by atoms with Crippen LogP contribution in [0.5, 0.6) is 0 Å². The van der Waals surface area contributed by atoms with E-state index in [1.54, 1.807) is 0 Å². The fourth-order valence-electron chi connectivity index (χ4n) is 0.712. The molecule has 0 aromatic carbocycles. The maximum absolute atomic E-state index is 12.0. The van der Waals surface area contributed by atoms with E-state index in [0.717, 1.165) is 6.92 Å². The van der Waals surface area contributed by atoms with E-state index >= 15 is 0 Å². The second-order valence-electron chi connectivity index (χ2n) is 2.84. The molecule has 14 heavy (non-hydrogen) atoms. The first kappa shape index (κ1) is 13.2. The second-order valence-corrected chi connectivity index (χ2v) is 5.21. The molecule has 0 spiro atoms. The molecule has 0 radical (unpaired) electrons. The maximum atomic E-state index is 12.0. The van der Waals surface area contributed by atoms with Crippen molar-refractivity contribution < 1.29 is 31.5 Å². The molecular formula is C6H9F3O4S. The number of carboxylic acid groups (broad SMARTS) is 1. The Morgan fingerprint density at radius 1 is 1.36 bits per heavy atom. The number of rotatable bonds is 3. The van der Waals surface area contributed by atoms with Gasteiger partial charge < -0.3 is 5.11 Å². The lowest BCUT2D eigenvalue weighted by atomic mass is 10.1. The summed E-state index contributed by atoms with van der Waals surface area (Å²) in [5.41, 5.74) is -5.55. The monoisotopic (exact) mass is 234 g/mol. The standard InChI is InChI=1S/C6H9F3O4S/c1-3-5(2,4(10)11)14(12,13)6(7,8)9/h3H2,1-2H3,(H,10,11)/t5-/m1/s1. The normalized spacial score (nSPS) is 17.5. The van der Waals surface area contributed by atoms with Gasteiger partial charge in [-0.25, -0.2) is 8.42 Å². The van der Waals surface area contributed by atoms with Gasteiger partial charge in [0, 0.05) is 0 Å². The Kier molecular flexibility index (Phi) is 3.22. The van der Waals surface area contributed by atoms with Crippen molar-refractivity contribution in [3.05, 3.63) is 0 Å². The fourth-order valence-corrected chi connectivity index (χ4v) is 1.83. The molecule has 84 valence electrons. The number of carbonyl (C=O) groups is 1. The molecule has 0 saturated carbocycles. The lowest BCUT2D eigenvalue weighted by Gasteiger charge is -2.24. The Hall–Kier alpha value is -0.790. The van der Waals surface area contributed by atoms with Gasteiger partial charge in [0.05, 0.1) is 0 Å². The third kappa shape index (κ3) is 1.70. The van der Waals surface area contributed by atoms with Crippen LogP contribution in [0.25, 0.3) is 0 Å². The Bertz CT molecular complexity index is 331. The minimum absolute atomic E-state index is 0.540. The average Bonchev–Trinajstić information content (AvgIpc) is 2.00. The van der Waals surface area contributed by atoms with Gasteiger partial charge in [-0.2, -0.15) is 13.2 Å². The zero-order valence-corrected chi connectivity index (χ0v) is 8.24. The van der Waals surface area contributed by atoms with E-state index in [4.69, 9.17) is 5.11 Å². The van der Waals surface area contributed by atoms with Crippen LogP contribution in [0.2, 0.25) is 0 Å². The molecular weight excluding hydrogens is 225 g/mol. The van der Waals surface area contributed by atoms with Gasteiger partial charge in [0.1, 0.15) is 0 Å². The van der Waals surface area contributed by atoms with Gasteiger partial charge >= 0.3 is 11.5 Å². The van der Waals surface area contributed by atoms with Gasteiger partial charge in [-0.05, 0) is 13.3 Å². The minimum atomic E-state index is -5.69. The molecule has 1 N–H and O–H groups in total. The SMILES string of the molecule is CC[C@](C)(C(=O)O)S(=O)(=O)C(F)(F)F. The predicted molar refractivity (Wildman–Crippen MR) is 41.3 cm³/mol. The van der Waals surface area contributed by atoms with Crippen LogP contribution in [0.1, 0.15) is 20.3 Å². The molecule has 0 aromatic rings. The van der Waals surface area contributed by atoms with E-state index in [1.165, 1.54) is 0 Å². The number of hydrogen-bond donors (Lipinski definition) is 1. The molecule has 0 heterocycles. The molecule has 0 aromatic heterocycles. The molecule has 0 unspecified atom stereocenters. The molecule has 0 bridgehead atoms.